The van der Waals surface area contributed by atoms with Gasteiger partial charge in [0.05, 0.1) is 17.4 Å². The van der Waals surface area contributed by atoms with Gasteiger partial charge in [0.15, 0.2) is 0 Å². The molecular formula is C26H25ClN4O2. The zero-order valence-corrected chi connectivity index (χ0v) is 19.1. The van der Waals surface area contributed by atoms with E-state index in [0.29, 0.717) is 41.1 Å². The zero-order chi connectivity index (χ0) is 23.2. The summed E-state index contributed by atoms with van der Waals surface area (Å²) in [7, 11) is 0. The lowest BCUT2D eigenvalue weighted by Crippen LogP contribution is -2.28. The highest BCUT2D eigenvalue weighted by molar-refractivity contribution is 6.30. The van der Waals surface area contributed by atoms with E-state index in [0.717, 1.165) is 23.4 Å². The van der Waals surface area contributed by atoms with Gasteiger partial charge in [0.25, 0.3) is 5.56 Å². The first-order valence-corrected chi connectivity index (χ1v) is 11.3. The largest absolute Gasteiger partial charge is 0.334 e. The Morgan fingerprint density at radius 2 is 1.79 bits per heavy atom. The molecule has 1 heterocycles. The van der Waals surface area contributed by atoms with Crippen molar-refractivity contribution in [3.8, 4) is 0 Å². The van der Waals surface area contributed by atoms with Gasteiger partial charge in [-0.25, -0.2) is 9.78 Å². The first kappa shape index (κ1) is 22.6. The van der Waals surface area contributed by atoms with E-state index in [1.807, 2.05) is 48.5 Å². The predicted octanol–water partition coefficient (Wildman–Crippen LogP) is 5.37. The molecule has 33 heavy (non-hydrogen) atoms. The fourth-order valence-electron chi connectivity index (χ4n) is 3.69. The molecule has 4 rings (SSSR count). The van der Waals surface area contributed by atoms with Crippen LogP contribution in [0.25, 0.3) is 10.9 Å². The summed E-state index contributed by atoms with van der Waals surface area (Å²) in [5, 5.41) is 6.71. The standard InChI is InChI=1S/C26H25ClN4O2/c1-2-7-24-30-23-13-12-21(29-26(33)28-16-18-8-4-3-5-9-18)15-22(23)25(32)31(24)17-19-10-6-11-20(27)14-19/h3-6,8-15H,2,7,16-17H2,1H3,(H2,28,29,33). The van der Waals surface area contributed by atoms with Crippen molar-refractivity contribution < 1.29 is 4.79 Å². The number of halogens is 1. The number of carbonyl (C=O) groups excluding carboxylic acids is 1. The monoisotopic (exact) mass is 460 g/mol. The van der Waals surface area contributed by atoms with Gasteiger partial charge in [-0.15, -0.1) is 0 Å². The molecule has 0 radical (unpaired) electrons. The summed E-state index contributed by atoms with van der Waals surface area (Å²) in [5.41, 5.74) is 2.93. The van der Waals surface area contributed by atoms with E-state index < -0.39 is 0 Å². The van der Waals surface area contributed by atoms with Crippen molar-refractivity contribution in [2.24, 2.45) is 0 Å². The first-order chi connectivity index (χ1) is 16.0. The molecular weight excluding hydrogens is 436 g/mol. The summed E-state index contributed by atoms with van der Waals surface area (Å²) in [4.78, 5) is 30.5. The van der Waals surface area contributed by atoms with Crippen LogP contribution in [0.2, 0.25) is 5.02 Å². The molecule has 7 heteroatoms. The van der Waals surface area contributed by atoms with E-state index in [-0.39, 0.29) is 11.6 Å². The van der Waals surface area contributed by atoms with Crippen LogP contribution in [0.5, 0.6) is 0 Å². The molecule has 0 bridgehead atoms. The number of aromatic nitrogens is 2. The lowest BCUT2D eigenvalue weighted by Gasteiger charge is -2.14. The van der Waals surface area contributed by atoms with Crippen LogP contribution in [0.3, 0.4) is 0 Å². The highest BCUT2D eigenvalue weighted by Gasteiger charge is 2.13. The number of rotatable bonds is 7. The number of benzene rings is 3. The minimum absolute atomic E-state index is 0.142. The molecule has 0 atom stereocenters. The molecule has 3 aromatic carbocycles. The number of nitrogens with one attached hydrogen (secondary N) is 2. The average molecular weight is 461 g/mol. The summed E-state index contributed by atoms with van der Waals surface area (Å²) >= 11 is 6.13. The molecule has 2 N–H and O–H groups in total. The minimum Gasteiger partial charge on any atom is -0.334 e. The van der Waals surface area contributed by atoms with Crippen molar-refractivity contribution in [2.75, 3.05) is 5.32 Å². The minimum atomic E-state index is -0.340. The van der Waals surface area contributed by atoms with Crippen LogP contribution in [0.15, 0.2) is 77.6 Å². The smallest absolute Gasteiger partial charge is 0.319 e. The second-order valence-electron chi connectivity index (χ2n) is 7.82. The average Bonchev–Trinajstić information content (AvgIpc) is 2.81. The summed E-state index contributed by atoms with van der Waals surface area (Å²) in [5.74, 6) is 0.733. The van der Waals surface area contributed by atoms with E-state index in [1.165, 1.54) is 0 Å². The number of urea groups is 1. The van der Waals surface area contributed by atoms with E-state index in [2.05, 4.69) is 17.6 Å². The number of anilines is 1. The van der Waals surface area contributed by atoms with Gasteiger partial charge < -0.3 is 10.6 Å². The number of hydrogen-bond acceptors (Lipinski definition) is 3. The molecule has 0 unspecified atom stereocenters. The van der Waals surface area contributed by atoms with Crippen LogP contribution < -0.4 is 16.2 Å². The Labute approximate surface area is 197 Å². The molecule has 0 aliphatic rings. The molecule has 2 amide bonds. The van der Waals surface area contributed by atoms with Gasteiger partial charge in [-0.1, -0.05) is 61.0 Å². The Morgan fingerprint density at radius 1 is 1.00 bits per heavy atom. The summed E-state index contributed by atoms with van der Waals surface area (Å²) in [6.07, 6.45) is 1.56. The first-order valence-electron chi connectivity index (χ1n) is 10.9. The topological polar surface area (TPSA) is 76.0 Å². The lowest BCUT2D eigenvalue weighted by atomic mass is 10.1. The van der Waals surface area contributed by atoms with E-state index in [1.54, 1.807) is 28.8 Å². The van der Waals surface area contributed by atoms with Crippen molar-refractivity contribution in [3.05, 3.63) is 105 Å². The Balaban J connectivity index is 1.60. The van der Waals surface area contributed by atoms with Crippen molar-refractivity contribution in [1.82, 2.24) is 14.9 Å². The second-order valence-corrected chi connectivity index (χ2v) is 8.26. The molecule has 6 nitrogen and oxygen atoms in total. The van der Waals surface area contributed by atoms with Crippen LogP contribution in [0.4, 0.5) is 10.5 Å². The van der Waals surface area contributed by atoms with Gasteiger partial charge >= 0.3 is 6.03 Å². The number of fused-ring (bicyclic) bond motifs is 1. The fourth-order valence-corrected chi connectivity index (χ4v) is 3.91. The van der Waals surface area contributed by atoms with Crippen LogP contribution >= 0.6 is 11.6 Å². The third-order valence-electron chi connectivity index (χ3n) is 5.29. The highest BCUT2D eigenvalue weighted by Crippen LogP contribution is 2.18. The number of hydrogen-bond donors (Lipinski definition) is 2. The maximum atomic E-state index is 13.4. The molecule has 0 spiro atoms. The van der Waals surface area contributed by atoms with Crippen molar-refractivity contribution in [2.45, 2.75) is 32.9 Å². The van der Waals surface area contributed by atoms with E-state index >= 15 is 0 Å². The van der Waals surface area contributed by atoms with E-state index in [9.17, 15) is 9.59 Å². The lowest BCUT2D eigenvalue weighted by molar-refractivity contribution is 0.251. The summed E-state index contributed by atoms with van der Waals surface area (Å²) in [6.45, 7) is 2.85. The number of nitrogens with zero attached hydrogens (tertiary/aromatic N) is 2. The Kier molecular flexibility index (Phi) is 7.05. The quantitative estimate of drug-likeness (QED) is 0.389. The third kappa shape index (κ3) is 5.59. The molecule has 0 aliphatic carbocycles. The summed E-state index contributed by atoms with van der Waals surface area (Å²) in [6, 6.07) is 22.0. The van der Waals surface area contributed by atoms with Crippen LogP contribution in [-0.2, 0) is 19.5 Å². The molecule has 0 saturated heterocycles. The van der Waals surface area contributed by atoms with Gasteiger partial charge in [0, 0.05) is 23.7 Å². The number of carbonyl (C=O) groups is 1. The van der Waals surface area contributed by atoms with E-state index in [4.69, 9.17) is 16.6 Å². The third-order valence-corrected chi connectivity index (χ3v) is 5.53. The predicted molar refractivity (Wildman–Crippen MR) is 133 cm³/mol. The number of amides is 2. The Morgan fingerprint density at radius 3 is 2.55 bits per heavy atom. The van der Waals surface area contributed by atoms with Gasteiger partial charge in [-0.3, -0.25) is 9.36 Å². The molecule has 0 fully saturated rings. The Bertz CT molecular complexity index is 1340. The molecule has 1 aromatic heterocycles. The molecule has 0 saturated carbocycles. The van der Waals surface area contributed by atoms with Gasteiger partial charge in [0.2, 0.25) is 0 Å². The molecule has 0 aliphatic heterocycles. The maximum Gasteiger partial charge on any atom is 0.319 e. The van der Waals surface area contributed by atoms with Gasteiger partial charge in [0.1, 0.15) is 5.82 Å². The Hall–Kier alpha value is -3.64. The van der Waals surface area contributed by atoms with Crippen molar-refractivity contribution in [3.63, 3.8) is 0 Å². The van der Waals surface area contributed by atoms with Gasteiger partial charge in [-0.05, 0) is 47.9 Å². The van der Waals surface area contributed by atoms with Crippen LogP contribution in [-0.4, -0.2) is 15.6 Å². The molecule has 4 aromatic rings. The molecule has 168 valence electrons. The SMILES string of the molecule is CCCc1nc2ccc(NC(=O)NCc3ccccc3)cc2c(=O)n1Cc1cccc(Cl)c1. The maximum absolute atomic E-state index is 13.4. The van der Waals surface area contributed by atoms with Gasteiger partial charge in [-0.2, -0.15) is 0 Å². The van der Waals surface area contributed by atoms with Crippen LogP contribution in [0, 0.1) is 0 Å². The number of aryl methyl sites for hydroxylation is 1. The zero-order valence-electron chi connectivity index (χ0n) is 18.3. The fraction of sp³-hybridized carbons (Fsp3) is 0.192. The normalized spacial score (nSPS) is 10.8. The van der Waals surface area contributed by atoms with Crippen molar-refractivity contribution in [1.29, 1.82) is 0 Å². The van der Waals surface area contributed by atoms with Crippen LogP contribution in [0.1, 0.15) is 30.3 Å². The second kappa shape index (κ2) is 10.3. The summed E-state index contributed by atoms with van der Waals surface area (Å²) < 4.78 is 1.69. The van der Waals surface area contributed by atoms with Crippen molar-refractivity contribution >= 4 is 34.2 Å². The highest BCUT2D eigenvalue weighted by atomic mass is 35.5.